The summed E-state index contributed by atoms with van der Waals surface area (Å²) in [6.45, 7) is 0.450. The van der Waals surface area contributed by atoms with E-state index in [0.29, 0.717) is 18.8 Å². The maximum absolute atomic E-state index is 13.6. The number of aliphatic imine (C=N–C) groups is 1. The Bertz CT molecular complexity index is 1940. The van der Waals surface area contributed by atoms with Gasteiger partial charge in [-0.25, -0.2) is 13.8 Å². The molecule has 0 aromatic heterocycles. The van der Waals surface area contributed by atoms with Crippen molar-refractivity contribution in [2.75, 3.05) is 0 Å². The Hall–Kier alpha value is -4.38. The second-order valence-electron chi connectivity index (χ2n) is 11.6. The molecule has 4 aromatic carbocycles. The first-order valence-electron chi connectivity index (χ1n) is 14.7. The highest BCUT2D eigenvalue weighted by Crippen LogP contribution is 2.45. The highest BCUT2D eigenvalue weighted by molar-refractivity contribution is 5.94. The molecule has 207 valence electrons. The lowest BCUT2D eigenvalue weighted by molar-refractivity contribution is 0.100. The van der Waals surface area contributed by atoms with Crippen LogP contribution in [0.25, 0.3) is 22.4 Å². The summed E-state index contributed by atoms with van der Waals surface area (Å²) < 4.78 is 33.6. The second-order valence-corrected chi connectivity index (χ2v) is 11.6. The van der Waals surface area contributed by atoms with Crippen LogP contribution in [0.5, 0.6) is 0 Å². The van der Waals surface area contributed by atoms with E-state index in [1.54, 1.807) is 6.08 Å². The molecule has 3 nitrogen and oxygen atoms in total. The fourth-order valence-electron chi connectivity index (χ4n) is 7.23. The molecule has 0 saturated carbocycles. The van der Waals surface area contributed by atoms with Crippen molar-refractivity contribution < 1.29 is 13.5 Å². The van der Waals surface area contributed by atoms with Crippen LogP contribution in [0.2, 0.25) is 0 Å². The molecule has 1 radical (unpaired) electrons. The number of benzene rings is 4. The van der Waals surface area contributed by atoms with Gasteiger partial charge in [0, 0.05) is 22.6 Å². The number of halogens is 2. The summed E-state index contributed by atoms with van der Waals surface area (Å²) in [4.78, 5) is 10.2. The summed E-state index contributed by atoms with van der Waals surface area (Å²) in [6, 6.07) is 27.9. The molecule has 4 aliphatic rings. The molecular weight excluding hydrogens is 526 g/mol. The molecule has 3 atom stereocenters. The molecule has 0 bridgehead atoms. The highest BCUT2D eigenvalue weighted by Gasteiger charge is 2.37. The molecule has 2 aliphatic carbocycles. The zero-order valence-electron chi connectivity index (χ0n) is 23.1. The largest absolute Gasteiger partial charge is 0.485 e. The number of dihydropyridines is 1. The summed E-state index contributed by atoms with van der Waals surface area (Å²) in [7, 11) is 0. The molecule has 0 spiro atoms. The van der Waals surface area contributed by atoms with Crippen molar-refractivity contribution in [3.8, 4) is 0 Å². The van der Waals surface area contributed by atoms with Gasteiger partial charge < -0.3 is 4.74 Å². The van der Waals surface area contributed by atoms with Crippen LogP contribution < -0.4 is 10.6 Å². The smallest absolute Gasteiger partial charge is 0.245 e. The number of allylic oxidation sites excluding steroid dienone is 2. The normalized spacial score (nSPS) is 22.1. The molecule has 0 saturated heterocycles. The average Bonchev–Trinajstić information content (AvgIpc) is 3.43. The Balaban J connectivity index is 1.20. The van der Waals surface area contributed by atoms with Gasteiger partial charge in [-0.15, -0.1) is 0 Å². The van der Waals surface area contributed by atoms with Crippen molar-refractivity contribution in [1.82, 2.24) is 0 Å². The molecule has 0 N–H and O–H groups in total. The molecule has 0 fully saturated rings. The van der Waals surface area contributed by atoms with Crippen molar-refractivity contribution in [3.63, 3.8) is 0 Å². The molecule has 42 heavy (non-hydrogen) atoms. The predicted molar refractivity (Wildman–Crippen MR) is 162 cm³/mol. The molecular formula is C37H29F2N2O. The van der Waals surface area contributed by atoms with Gasteiger partial charge in [0.2, 0.25) is 6.43 Å². The standard InChI is InChI=1S/C37H29F2N2O/c38-37(39)24-14-13-23-15-16-26-25-10-6-11-29(27(25)17-18-28(26)31(23)19-24)35-34-30-9-4-5-12-32(30)41-36(34)33(20-40-35)42-21-22-7-2-1-3-8-22/h1-4,7-9,12-18,20,24,29,35,37H,6,10-11,19,21H2. The lowest BCUT2D eigenvalue weighted by atomic mass is 9.73. The summed E-state index contributed by atoms with van der Waals surface area (Å²) in [5, 5.41) is 4.30. The number of ether oxygens (including phenoxy) is 1. The zero-order chi connectivity index (χ0) is 28.2. The van der Waals surface area contributed by atoms with Crippen molar-refractivity contribution in [2.45, 2.75) is 50.7 Å². The van der Waals surface area contributed by atoms with Gasteiger partial charge in [0.15, 0.2) is 5.76 Å². The van der Waals surface area contributed by atoms with Gasteiger partial charge >= 0.3 is 0 Å². The fraction of sp³-hybridized carbons (Fsp3) is 0.243. The molecule has 8 rings (SSSR count). The first-order chi connectivity index (χ1) is 20.7. The van der Waals surface area contributed by atoms with Crippen molar-refractivity contribution in [3.05, 3.63) is 135 Å². The maximum Gasteiger partial charge on any atom is 0.245 e. The second kappa shape index (κ2) is 10.2. The van der Waals surface area contributed by atoms with Gasteiger partial charge in [-0.1, -0.05) is 78.9 Å². The number of nitrogens with zero attached hydrogens (tertiary/aromatic N) is 2. The van der Waals surface area contributed by atoms with E-state index in [-0.39, 0.29) is 12.0 Å². The van der Waals surface area contributed by atoms with E-state index in [1.165, 1.54) is 16.5 Å². The van der Waals surface area contributed by atoms with Crippen LogP contribution >= 0.6 is 0 Å². The van der Waals surface area contributed by atoms with Crippen LogP contribution in [-0.4, -0.2) is 18.7 Å². The van der Waals surface area contributed by atoms with Crippen LogP contribution in [0.15, 0.2) is 100 Å². The van der Waals surface area contributed by atoms with Crippen LogP contribution in [0, 0.1) is 12.0 Å². The molecule has 2 heterocycles. The molecule has 0 amide bonds. The first-order valence-corrected chi connectivity index (χ1v) is 14.7. The van der Waals surface area contributed by atoms with E-state index in [0.717, 1.165) is 63.2 Å². The number of rotatable bonds is 5. The fourth-order valence-corrected chi connectivity index (χ4v) is 7.23. The minimum absolute atomic E-state index is 0.0863. The third-order valence-corrected chi connectivity index (χ3v) is 9.24. The van der Waals surface area contributed by atoms with E-state index in [9.17, 15) is 8.78 Å². The summed E-state index contributed by atoms with van der Waals surface area (Å²) in [5.74, 6) is 0.154. The first kappa shape index (κ1) is 25.3. The Labute approximate surface area is 243 Å². The SMILES string of the molecule is FC(F)C1C=Cc2ccc3c4c(ccc3c2C1)C(C1N=CC(OCc2ccccc2)=C2N=c3c[c]ccc3=C21)CCC4. The summed E-state index contributed by atoms with van der Waals surface area (Å²) >= 11 is 0. The molecule has 4 aromatic rings. The number of fused-ring (bicyclic) bond motifs is 7. The number of alkyl halides is 2. The quantitative estimate of drug-likeness (QED) is 0.265. The Kier molecular flexibility index (Phi) is 6.13. The maximum atomic E-state index is 13.6. The van der Waals surface area contributed by atoms with Crippen LogP contribution in [-0.2, 0) is 24.2 Å². The van der Waals surface area contributed by atoms with E-state index < -0.39 is 12.3 Å². The third kappa shape index (κ3) is 4.13. The highest BCUT2D eigenvalue weighted by atomic mass is 19.3. The van der Waals surface area contributed by atoms with Crippen molar-refractivity contribution in [1.29, 1.82) is 0 Å². The summed E-state index contributed by atoms with van der Waals surface area (Å²) in [6.07, 6.45) is 6.48. The van der Waals surface area contributed by atoms with E-state index in [4.69, 9.17) is 14.7 Å². The predicted octanol–water partition coefficient (Wildman–Crippen LogP) is 6.88. The van der Waals surface area contributed by atoms with Gasteiger partial charge in [-0.3, -0.25) is 4.99 Å². The van der Waals surface area contributed by atoms with E-state index >= 15 is 0 Å². The van der Waals surface area contributed by atoms with E-state index in [2.05, 4.69) is 48.5 Å². The van der Waals surface area contributed by atoms with Crippen LogP contribution in [0.4, 0.5) is 8.78 Å². The topological polar surface area (TPSA) is 34.0 Å². The van der Waals surface area contributed by atoms with Gasteiger partial charge in [0.25, 0.3) is 0 Å². The lowest BCUT2D eigenvalue weighted by Crippen LogP contribution is -2.31. The van der Waals surface area contributed by atoms with Gasteiger partial charge in [-0.2, -0.15) is 0 Å². The van der Waals surface area contributed by atoms with Gasteiger partial charge in [0.05, 0.1) is 17.6 Å². The van der Waals surface area contributed by atoms with Crippen LogP contribution in [0.1, 0.15) is 46.6 Å². The van der Waals surface area contributed by atoms with Gasteiger partial charge in [-0.05, 0) is 76.4 Å². The van der Waals surface area contributed by atoms with Gasteiger partial charge in [0.1, 0.15) is 12.3 Å². The average molecular weight is 556 g/mol. The van der Waals surface area contributed by atoms with E-state index in [1.807, 2.05) is 42.6 Å². The monoisotopic (exact) mass is 555 g/mol. The minimum Gasteiger partial charge on any atom is -0.485 e. The Morgan fingerprint density at radius 2 is 1.83 bits per heavy atom. The summed E-state index contributed by atoms with van der Waals surface area (Å²) in [5.41, 5.74) is 7.82. The number of hydrogen-bond donors (Lipinski definition) is 0. The Morgan fingerprint density at radius 3 is 2.71 bits per heavy atom. The van der Waals surface area contributed by atoms with Crippen molar-refractivity contribution in [2.24, 2.45) is 15.9 Å². The van der Waals surface area contributed by atoms with Crippen molar-refractivity contribution >= 4 is 28.6 Å². The lowest BCUT2D eigenvalue weighted by Gasteiger charge is -2.34. The zero-order valence-corrected chi connectivity index (χ0v) is 23.1. The molecule has 2 aliphatic heterocycles. The molecule has 3 unspecified atom stereocenters. The number of aryl methyl sites for hydroxylation is 1. The Morgan fingerprint density at radius 1 is 0.976 bits per heavy atom. The third-order valence-electron chi connectivity index (χ3n) is 9.24. The van der Waals surface area contributed by atoms with Crippen LogP contribution in [0.3, 0.4) is 0 Å². The number of hydrogen-bond acceptors (Lipinski definition) is 3. The molecule has 5 heteroatoms. The minimum atomic E-state index is -2.35.